The molecule has 1 fully saturated rings. The monoisotopic (exact) mass is 374 g/mol. The first-order chi connectivity index (χ1) is 12.4. The van der Waals surface area contributed by atoms with Crippen LogP contribution in [-0.4, -0.2) is 55.9 Å². The molecule has 0 spiro atoms. The van der Waals surface area contributed by atoms with E-state index >= 15 is 0 Å². The molecule has 26 heavy (non-hydrogen) atoms. The van der Waals surface area contributed by atoms with E-state index in [1.807, 2.05) is 11.8 Å². The lowest BCUT2D eigenvalue weighted by Crippen LogP contribution is -2.48. The topological polar surface area (TPSA) is 50.8 Å². The van der Waals surface area contributed by atoms with Gasteiger partial charge in [-0.25, -0.2) is 0 Å². The molecular weight excluding hydrogens is 349 g/mol. The summed E-state index contributed by atoms with van der Waals surface area (Å²) in [5, 5.41) is 3.26. The van der Waals surface area contributed by atoms with Gasteiger partial charge in [-0.2, -0.15) is 13.2 Å². The molecule has 0 unspecified atom stereocenters. The average Bonchev–Trinajstić information content (AvgIpc) is 2.63. The number of ether oxygens (including phenoxy) is 2. The Balaban J connectivity index is 1.96. The Morgan fingerprint density at radius 1 is 1.19 bits per heavy atom. The zero-order valence-corrected chi connectivity index (χ0v) is 14.8. The van der Waals surface area contributed by atoms with Gasteiger partial charge >= 0.3 is 6.18 Å². The first-order valence-electron chi connectivity index (χ1n) is 8.82. The molecule has 5 nitrogen and oxygen atoms in total. The molecule has 0 aliphatic carbocycles. The van der Waals surface area contributed by atoms with Crippen LogP contribution in [0.3, 0.4) is 0 Å². The summed E-state index contributed by atoms with van der Waals surface area (Å²) in [4.78, 5) is 14.4. The number of nitrogens with one attached hydrogen (secondary N) is 1. The van der Waals surface area contributed by atoms with E-state index in [0.717, 1.165) is 32.4 Å². The van der Waals surface area contributed by atoms with Crippen molar-refractivity contribution in [2.24, 2.45) is 0 Å². The van der Waals surface area contributed by atoms with Crippen molar-refractivity contribution in [1.82, 2.24) is 10.2 Å². The maximum absolute atomic E-state index is 12.6. The van der Waals surface area contributed by atoms with E-state index in [-0.39, 0.29) is 30.1 Å². The molecular formula is C18H25F3N2O3. The Labute approximate surface area is 151 Å². The van der Waals surface area contributed by atoms with Crippen LogP contribution < -0.4 is 14.8 Å². The number of piperidine rings is 1. The highest BCUT2D eigenvalue weighted by molar-refractivity contribution is 5.78. The molecule has 0 atom stereocenters. The molecule has 1 aromatic carbocycles. The smallest absolute Gasteiger partial charge is 0.422 e. The third kappa shape index (κ3) is 6.40. The number of hydrogen-bond acceptors (Lipinski definition) is 4. The Morgan fingerprint density at radius 2 is 1.81 bits per heavy atom. The lowest BCUT2D eigenvalue weighted by molar-refractivity contribution is -0.153. The third-order valence-electron chi connectivity index (χ3n) is 4.13. The number of halogens is 3. The van der Waals surface area contributed by atoms with Crippen LogP contribution in [-0.2, 0) is 4.79 Å². The standard InChI is InChI=1S/C18H25F3N2O3/c1-2-11-23(14-7-9-22-10-8-14)17(24)12-25-15-5-3-4-6-16(15)26-13-18(19,20)21/h3-6,14,22H,2,7-13H2,1H3. The van der Waals surface area contributed by atoms with Crippen LogP contribution in [0, 0.1) is 0 Å². The van der Waals surface area contributed by atoms with Crippen LogP contribution in [0.1, 0.15) is 26.2 Å². The van der Waals surface area contributed by atoms with Gasteiger partial charge in [-0.3, -0.25) is 4.79 Å². The molecule has 1 N–H and O–H groups in total. The van der Waals surface area contributed by atoms with E-state index in [1.54, 1.807) is 12.1 Å². The van der Waals surface area contributed by atoms with Crippen molar-refractivity contribution in [2.75, 3.05) is 32.8 Å². The van der Waals surface area contributed by atoms with Gasteiger partial charge in [-0.05, 0) is 44.5 Å². The number of carbonyl (C=O) groups excluding carboxylic acids is 1. The molecule has 0 bridgehead atoms. The molecule has 146 valence electrons. The Bertz CT molecular complexity index is 575. The molecule has 1 aromatic rings. The predicted molar refractivity (Wildman–Crippen MR) is 91.4 cm³/mol. The number of benzene rings is 1. The minimum atomic E-state index is -4.43. The van der Waals surface area contributed by atoms with Crippen LogP contribution in [0.2, 0.25) is 0 Å². The van der Waals surface area contributed by atoms with Gasteiger partial charge < -0.3 is 19.7 Å². The van der Waals surface area contributed by atoms with E-state index in [0.29, 0.717) is 6.54 Å². The van der Waals surface area contributed by atoms with Crippen molar-refractivity contribution in [3.8, 4) is 11.5 Å². The van der Waals surface area contributed by atoms with Crippen molar-refractivity contribution < 1.29 is 27.4 Å². The van der Waals surface area contributed by atoms with Crippen LogP contribution in [0.15, 0.2) is 24.3 Å². The van der Waals surface area contributed by atoms with E-state index in [9.17, 15) is 18.0 Å². The number of amides is 1. The lowest BCUT2D eigenvalue weighted by atomic mass is 10.0. The maximum atomic E-state index is 12.6. The van der Waals surface area contributed by atoms with Gasteiger partial charge in [0.15, 0.2) is 24.7 Å². The highest BCUT2D eigenvalue weighted by Gasteiger charge is 2.29. The van der Waals surface area contributed by atoms with Gasteiger partial charge in [0, 0.05) is 12.6 Å². The normalized spacial score (nSPS) is 15.5. The van der Waals surface area contributed by atoms with Crippen molar-refractivity contribution >= 4 is 5.91 Å². The molecule has 1 saturated heterocycles. The third-order valence-corrected chi connectivity index (χ3v) is 4.13. The molecule has 0 aromatic heterocycles. The number of nitrogens with zero attached hydrogens (tertiary/aromatic N) is 1. The second-order valence-corrected chi connectivity index (χ2v) is 6.21. The molecule has 2 rings (SSSR count). The number of carbonyl (C=O) groups is 1. The first-order valence-corrected chi connectivity index (χ1v) is 8.82. The molecule has 0 saturated carbocycles. The molecule has 8 heteroatoms. The zero-order chi connectivity index (χ0) is 19.0. The second kappa shape index (κ2) is 9.66. The highest BCUT2D eigenvalue weighted by atomic mass is 19.4. The fourth-order valence-electron chi connectivity index (χ4n) is 2.94. The fraction of sp³-hybridized carbons (Fsp3) is 0.611. The molecule has 1 aliphatic heterocycles. The number of para-hydroxylation sites is 2. The van der Waals surface area contributed by atoms with E-state index in [4.69, 9.17) is 9.47 Å². The second-order valence-electron chi connectivity index (χ2n) is 6.21. The summed E-state index contributed by atoms with van der Waals surface area (Å²) in [5.41, 5.74) is 0. The molecule has 1 aliphatic rings. The number of alkyl halides is 3. The largest absolute Gasteiger partial charge is 0.480 e. The van der Waals surface area contributed by atoms with Gasteiger partial charge in [0.05, 0.1) is 0 Å². The maximum Gasteiger partial charge on any atom is 0.422 e. The minimum absolute atomic E-state index is 0.0264. The fourth-order valence-corrected chi connectivity index (χ4v) is 2.94. The van der Waals surface area contributed by atoms with Crippen LogP contribution in [0.5, 0.6) is 11.5 Å². The summed E-state index contributed by atoms with van der Waals surface area (Å²) in [6, 6.07) is 6.23. The summed E-state index contributed by atoms with van der Waals surface area (Å²) in [7, 11) is 0. The summed E-state index contributed by atoms with van der Waals surface area (Å²) in [5.74, 6) is -0.0576. The molecule has 1 heterocycles. The first kappa shape index (κ1) is 20.4. The minimum Gasteiger partial charge on any atom is -0.480 e. The average molecular weight is 374 g/mol. The van der Waals surface area contributed by atoms with Crippen molar-refractivity contribution in [1.29, 1.82) is 0 Å². The molecule has 1 amide bonds. The lowest BCUT2D eigenvalue weighted by Gasteiger charge is -2.34. The van der Waals surface area contributed by atoms with Gasteiger partial charge in [0.2, 0.25) is 0 Å². The Kier molecular flexibility index (Phi) is 7.56. The van der Waals surface area contributed by atoms with Gasteiger partial charge in [0.25, 0.3) is 5.91 Å². The van der Waals surface area contributed by atoms with Gasteiger partial charge in [-0.1, -0.05) is 19.1 Å². The van der Waals surface area contributed by atoms with Crippen molar-refractivity contribution in [3.05, 3.63) is 24.3 Å². The van der Waals surface area contributed by atoms with E-state index in [1.165, 1.54) is 12.1 Å². The predicted octanol–water partition coefficient (Wildman–Crippen LogP) is 3.00. The summed E-state index contributed by atoms with van der Waals surface area (Å²) in [6.07, 6.45) is -1.83. The summed E-state index contributed by atoms with van der Waals surface area (Å²) >= 11 is 0. The number of hydrogen-bond donors (Lipinski definition) is 1. The van der Waals surface area contributed by atoms with E-state index in [2.05, 4.69) is 5.32 Å². The quantitative estimate of drug-likeness (QED) is 0.760. The van der Waals surface area contributed by atoms with Crippen LogP contribution in [0.4, 0.5) is 13.2 Å². The van der Waals surface area contributed by atoms with Crippen molar-refractivity contribution in [3.63, 3.8) is 0 Å². The zero-order valence-electron chi connectivity index (χ0n) is 14.8. The summed E-state index contributed by atoms with van der Waals surface area (Å²) in [6.45, 7) is 2.75. The van der Waals surface area contributed by atoms with Gasteiger partial charge in [-0.15, -0.1) is 0 Å². The van der Waals surface area contributed by atoms with Crippen LogP contribution in [0.25, 0.3) is 0 Å². The van der Waals surface area contributed by atoms with Gasteiger partial charge in [0.1, 0.15) is 0 Å². The number of rotatable bonds is 8. The Morgan fingerprint density at radius 3 is 2.38 bits per heavy atom. The Hall–Kier alpha value is -1.96. The van der Waals surface area contributed by atoms with Crippen LogP contribution >= 0.6 is 0 Å². The summed E-state index contributed by atoms with van der Waals surface area (Å²) < 4.78 is 47.3. The highest BCUT2D eigenvalue weighted by Crippen LogP contribution is 2.28. The van der Waals surface area contributed by atoms with Crippen molar-refractivity contribution in [2.45, 2.75) is 38.4 Å². The molecule has 0 radical (unpaired) electrons. The SMILES string of the molecule is CCCN(C(=O)COc1ccccc1OCC(F)(F)F)C1CCNCC1. The van der Waals surface area contributed by atoms with E-state index < -0.39 is 12.8 Å².